The third-order valence-electron chi connectivity index (χ3n) is 10.7. The standard InChI is InChI=1S/C45H56N10O16/c1-27(2)38(59)32-17-15-30(43(64)55(32)70)40(61)48-20-8-24-51(45(66)35-10-5-13-37(58)53(35)68)33(41(62)49-21-26-71-25-18-46)11-6-22-50(44(65)34-9-4-12-36(57)52(34)67)23-7-19-47-39(60)29-14-16-31(28(3)56)54(69)42(29)63/h4-5,9-10,12-17,27,33,67-70H,6-8,11,18-26,46H2,1-3H3,(H,47,60)(H,48,61)(H,49,62). The highest BCUT2D eigenvalue weighted by molar-refractivity contribution is 5.99. The average molecular weight is 993 g/mol. The maximum Gasteiger partial charge on any atom is 0.296 e. The Hall–Kier alpha value is -8.39. The van der Waals surface area contributed by atoms with Crippen LogP contribution in [0.4, 0.5) is 0 Å². The smallest absolute Gasteiger partial charge is 0.296 e. The molecule has 0 aliphatic heterocycles. The van der Waals surface area contributed by atoms with E-state index in [1.807, 2.05) is 0 Å². The molecule has 4 heterocycles. The van der Waals surface area contributed by atoms with Crippen LogP contribution in [0.25, 0.3) is 0 Å². The van der Waals surface area contributed by atoms with Crippen molar-refractivity contribution in [3.05, 3.63) is 136 Å². The molecule has 4 aromatic rings. The predicted molar refractivity (Wildman–Crippen MR) is 247 cm³/mol. The van der Waals surface area contributed by atoms with Crippen molar-refractivity contribution in [2.75, 3.05) is 59.0 Å². The molecule has 1 unspecified atom stereocenters. The number of nitrogens with one attached hydrogen (secondary N) is 3. The zero-order valence-corrected chi connectivity index (χ0v) is 39.1. The molecule has 0 spiro atoms. The van der Waals surface area contributed by atoms with E-state index in [2.05, 4.69) is 16.0 Å². The van der Waals surface area contributed by atoms with Crippen LogP contribution in [0.1, 0.15) is 109 Å². The molecule has 0 aliphatic rings. The normalized spacial score (nSPS) is 11.4. The van der Waals surface area contributed by atoms with E-state index in [1.165, 1.54) is 23.1 Å². The van der Waals surface area contributed by atoms with Crippen molar-refractivity contribution in [2.24, 2.45) is 11.7 Å². The Morgan fingerprint density at radius 2 is 1.11 bits per heavy atom. The van der Waals surface area contributed by atoms with Crippen molar-refractivity contribution in [2.45, 2.75) is 52.5 Å². The SMILES string of the molecule is CC(=O)c1ccc(C(=O)NCCCN(CCCC(C(=O)NCCOCCN)N(CCCNC(=O)c2ccc(C(=O)C(C)C)n(O)c2=O)C(=O)c2cccc(=O)n2O)C(=O)c2cccc(=O)n2O)c(=O)n1O. The minimum absolute atomic E-state index is 0.00371. The monoisotopic (exact) mass is 992 g/mol. The molecule has 26 nitrogen and oxygen atoms in total. The number of nitrogens with zero attached hydrogens (tertiary/aromatic N) is 6. The number of aromatic nitrogens is 4. The molecule has 0 saturated heterocycles. The summed E-state index contributed by atoms with van der Waals surface area (Å²) < 4.78 is 5.69. The number of nitrogens with two attached hydrogens (primary N) is 1. The zero-order chi connectivity index (χ0) is 52.5. The van der Waals surface area contributed by atoms with E-state index < -0.39 is 97.8 Å². The number of hydrogen-bond donors (Lipinski definition) is 8. The van der Waals surface area contributed by atoms with Gasteiger partial charge in [-0.2, -0.15) is 0 Å². The summed E-state index contributed by atoms with van der Waals surface area (Å²) in [6.07, 6.45) is -0.453. The number of hydrogen-bond acceptors (Lipinski definition) is 17. The van der Waals surface area contributed by atoms with E-state index in [9.17, 15) is 73.6 Å². The first-order chi connectivity index (χ1) is 33.7. The Bertz CT molecular complexity index is 2870. The van der Waals surface area contributed by atoms with Gasteiger partial charge in [-0.1, -0.05) is 26.0 Å². The van der Waals surface area contributed by atoms with Crippen molar-refractivity contribution < 1.29 is 59.1 Å². The fourth-order valence-electron chi connectivity index (χ4n) is 7.03. The fourth-order valence-corrected chi connectivity index (χ4v) is 7.03. The molecule has 0 radical (unpaired) electrons. The van der Waals surface area contributed by atoms with Gasteiger partial charge in [-0.05, 0) is 62.1 Å². The summed E-state index contributed by atoms with van der Waals surface area (Å²) in [6, 6.07) is 9.57. The van der Waals surface area contributed by atoms with Gasteiger partial charge in [0.1, 0.15) is 39.9 Å². The third kappa shape index (κ3) is 14.1. The Morgan fingerprint density at radius 1 is 0.606 bits per heavy atom. The molecule has 71 heavy (non-hydrogen) atoms. The van der Waals surface area contributed by atoms with E-state index in [0.717, 1.165) is 54.3 Å². The number of carbonyl (C=O) groups is 7. The highest BCUT2D eigenvalue weighted by atomic mass is 16.5. The van der Waals surface area contributed by atoms with Crippen LogP contribution in [0.5, 0.6) is 0 Å². The van der Waals surface area contributed by atoms with Gasteiger partial charge in [0, 0.05) is 70.8 Å². The molecule has 26 heteroatoms. The number of Topliss-reactive ketones (excluding diaryl/α,β-unsaturated/α-hetero) is 2. The summed E-state index contributed by atoms with van der Waals surface area (Å²) >= 11 is 0. The van der Waals surface area contributed by atoms with Gasteiger partial charge >= 0.3 is 0 Å². The van der Waals surface area contributed by atoms with Gasteiger partial charge in [-0.25, -0.2) is 0 Å². The topological polar surface area (TPSA) is 366 Å². The summed E-state index contributed by atoms with van der Waals surface area (Å²) in [5, 5.41) is 49.2. The number of ether oxygens (including phenoxy) is 1. The molecule has 4 rings (SSSR count). The molecule has 0 fully saturated rings. The number of amides is 5. The molecule has 0 aliphatic carbocycles. The van der Waals surface area contributed by atoms with Crippen LogP contribution in [0.15, 0.2) is 79.8 Å². The maximum absolute atomic E-state index is 14.3. The van der Waals surface area contributed by atoms with Crippen LogP contribution >= 0.6 is 0 Å². The van der Waals surface area contributed by atoms with Crippen molar-refractivity contribution in [1.82, 2.24) is 44.7 Å². The molecule has 0 saturated carbocycles. The van der Waals surface area contributed by atoms with Crippen molar-refractivity contribution in [1.29, 1.82) is 0 Å². The first-order valence-corrected chi connectivity index (χ1v) is 22.2. The summed E-state index contributed by atoms with van der Waals surface area (Å²) in [4.78, 5) is 145. The van der Waals surface area contributed by atoms with Crippen molar-refractivity contribution >= 4 is 41.1 Å². The minimum Gasteiger partial charge on any atom is -0.425 e. The first-order valence-electron chi connectivity index (χ1n) is 22.2. The second-order valence-electron chi connectivity index (χ2n) is 16.1. The quantitative estimate of drug-likeness (QED) is 0.0208. The summed E-state index contributed by atoms with van der Waals surface area (Å²) in [5.41, 5.74) is -1.47. The van der Waals surface area contributed by atoms with Gasteiger partial charge in [0.15, 0.2) is 11.6 Å². The van der Waals surface area contributed by atoms with Crippen LogP contribution in [0.3, 0.4) is 0 Å². The number of rotatable bonds is 26. The lowest BCUT2D eigenvalue weighted by Crippen LogP contribution is -2.52. The highest BCUT2D eigenvalue weighted by Gasteiger charge is 2.33. The van der Waals surface area contributed by atoms with E-state index in [0.29, 0.717) is 0 Å². The highest BCUT2D eigenvalue weighted by Crippen LogP contribution is 2.16. The number of carbonyl (C=O) groups excluding carboxylic acids is 7. The predicted octanol–water partition coefficient (Wildman–Crippen LogP) is -1.21. The van der Waals surface area contributed by atoms with E-state index >= 15 is 0 Å². The Labute approximate surface area is 403 Å². The first kappa shape index (κ1) is 55.2. The third-order valence-corrected chi connectivity index (χ3v) is 10.7. The lowest BCUT2D eigenvalue weighted by Gasteiger charge is -2.32. The lowest BCUT2D eigenvalue weighted by molar-refractivity contribution is -0.126. The summed E-state index contributed by atoms with van der Waals surface area (Å²) in [6.45, 7) is 3.34. The van der Waals surface area contributed by atoms with Gasteiger partial charge < -0.3 is 57.0 Å². The van der Waals surface area contributed by atoms with Gasteiger partial charge in [0.05, 0.1) is 13.2 Å². The molecule has 0 bridgehead atoms. The maximum atomic E-state index is 14.3. The van der Waals surface area contributed by atoms with Gasteiger partial charge in [-0.15, -0.1) is 18.9 Å². The molecular formula is C45H56N10O16. The minimum atomic E-state index is -1.44. The zero-order valence-electron chi connectivity index (χ0n) is 39.1. The Kier molecular flexibility index (Phi) is 20.1. The Morgan fingerprint density at radius 3 is 1.65 bits per heavy atom. The van der Waals surface area contributed by atoms with E-state index in [4.69, 9.17) is 10.5 Å². The molecule has 382 valence electrons. The van der Waals surface area contributed by atoms with Crippen LogP contribution in [-0.2, 0) is 9.53 Å². The van der Waals surface area contributed by atoms with Gasteiger partial charge in [-0.3, -0.25) is 52.7 Å². The molecule has 0 aromatic carbocycles. The second-order valence-corrected chi connectivity index (χ2v) is 16.1. The summed E-state index contributed by atoms with van der Waals surface area (Å²) in [5.74, 6) is -6.29. The average Bonchev–Trinajstić information content (AvgIpc) is 3.33. The second kappa shape index (κ2) is 25.8. The van der Waals surface area contributed by atoms with Crippen molar-refractivity contribution in [3.63, 3.8) is 0 Å². The molecule has 4 aromatic heterocycles. The fraction of sp³-hybridized carbons (Fsp3) is 0.400. The molecule has 5 amide bonds. The largest absolute Gasteiger partial charge is 0.425 e. The lowest BCUT2D eigenvalue weighted by atomic mass is 10.1. The molecular weight excluding hydrogens is 937 g/mol. The van der Waals surface area contributed by atoms with E-state index in [1.54, 1.807) is 13.8 Å². The van der Waals surface area contributed by atoms with Crippen LogP contribution in [-0.4, -0.2) is 156 Å². The van der Waals surface area contributed by atoms with Crippen LogP contribution in [0, 0.1) is 5.92 Å². The van der Waals surface area contributed by atoms with Gasteiger partial charge in [0.25, 0.3) is 45.9 Å². The molecule has 9 N–H and O–H groups in total. The van der Waals surface area contributed by atoms with E-state index in [-0.39, 0.29) is 115 Å². The van der Waals surface area contributed by atoms with Crippen LogP contribution in [0.2, 0.25) is 0 Å². The Balaban J connectivity index is 1.61. The van der Waals surface area contributed by atoms with Gasteiger partial charge in [0.2, 0.25) is 5.91 Å². The molecule has 1 atom stereocenters. The van der Waals surface area contributed by atoms with Crippen molar-refractivity contribution in [3.8, 4) is 0 Å². The number of pyridine rings is 4. The number of ketones is 2. The van der Waals surface area contributed by atoms with Crippen LogP contribution < -0.4 is 43.9 Å². The summed E-state index contributed by atoms with van der Waals surface area (Å²) in [7, 11) is 0.